The van der Waals surface area contributed by atoms with Crippen LogP contribution in [0.25, 0.3) is 0 Å². The van der Waals surface area contributed by atoms with Crippen LogP contribution in [0, 0.1) is 0 Å². The topological polar surface area (TPSA) is 90.9 Å². The van der Waals surface area contributed by atoms with E-state index in [9.17, 15) is 14.4 Å². The van der Waals surface area contributed by atoms with E-state index in [0.717, 1.165) is 12.8 Å². The van der Waals surface area contributed by atoms with Crippen LogP contribution >= 0.6 is 0 Å². The smallest absolute Gasteiger partial charge is 0.329 e. The summed E-state index contributed by atoms with van der Waals surface area (Å²) in [7, 11) is 0. The lowest BCUT2D eigenvalue weighted by Gasteiger charge is -2.20. The molecule has 0 radical (unpaired) electrons. The van der Waals surface area contributed by atoms with E-state index in [4.69, 9.17) is 0 Å². The molecule has 1 heterocycles. The lowest BCUT2D eigenvalue weighted by atomic mass is 10.1. The van der Waals surface area contributed by atoms with Crippen LogP contribution in [0.4, 0.5) is 0 Å². The molecular formula is C14H24N4O3. The van der Waals surface area contributed by atoms with Crippen LogP contribution < -0.4 is 10.7 Å². The SMILES string of the molecule is C/C(CC(=O)NC(C)(C)C)=N/NC(=O)C(=O)N1CCCC1. The molecule has 1 saturated heterocycles. The number of nitrogens with zero attached hydrogens (tertiary/aromatic N) is 2. The van der Waals surface area contributed by atoms with Crippen LogP contribution in [0.5, 0.6) is 0 Å². The molecule has 7 heteroatoms. The number of nitrogens with one attached hydrogen (secondary N) is 2. The van der Waals surface area contributed by atoms with Crippen LogP contribution in [0.1, 0.15) is 47.0 Å². The molecular weight excluding hydrogens is 272 g/mol. The number of likely N-dealkylation sites (tertiary alicyclic amines) is 1. The van der Waals surface area contributed by atoms with E-state index in [0.29, 0.717) is 18.8 Å². The Hall–Kier alpha value is -1.92. The number of amides is 3. The maximum Gasteiger partial charge on any atom is 0.329 e. The third kappa shape index (κ3) is 6.37. The molecule has 0 unspecified atom stereocenters. The molecule has 3 amide bonds. The molecule has 1 aliphatic heterocycles. The summed E-state index contributed by atoms with van der Waals surface area (Å²) in [6, 6.07) is 0. The molecule has 0 aliphatic carbocycles. The Bertz CT molecular complexity index is 446. The highest BCUT2D eigenvalue weighted by Gasteiger charge is 2.24. The Morgan fingerprint density at radius 1 is 1.14 bits per heavy atom. The fourth-order valence-electron chi connectivity index (χ4n) is 1.99. The second-order valence-corrected chi connectivity index (χ2v) is 6.26. The summed E-state index contributed by atoms with van der Waals surface area (Å²) in [6.07, 6.45) is 1.93. The number of hydrazone groups is 1. The third-order valence-electron chi connectivity index (χ3n) is 2.87. The highest BCUT2D eigenvalue weighted by atomic mass is 16.2. The normalized spacial score (nSPS) is 15.8. The largest absolute Gasteiger partial charge is 0.351 e. The van der Waals surface area contributed by atoms with E-state index >= 15 is 0 Å². The zero-order valence-corrected chi connectivity index (χ0v) is 13.2. The van der Waals surface area contributed by atoms with Crippen LogP contribution in [0.15, 0.2) is 5.10 Å². The first-order chi connectivity index (χ1) is 9.69. The van der Waals surface area contributed by atoms with Crippen molar-refractivity contribution >= 4 is 23.4 Å². The fourth-order valence-corrected chi connectivity index (χ4v) is 1.99. The molecule has 118 valence electrons. The van der Waals surface area contributed by atoms with E-state index in [1.54, 1.807) is 6.92 Å². The van der Waals surface area contributed by atoms with E-state index < -0.39 is 11.8 Å². The first-order valence-corrected chi connectivity index (χ1v) is 7.12. The molecule has 21 heavy (non-hydrogen) atoms. The van der Waals surface area contributed by atoms with Gasteiger partial charge in [-0.2, -0.15) is 5.10 Å². The number of carbonyl (C=O) groups is 3. The maximum atomic E-state index is 11.7. The molecule has 1 aliphatic rings. The predicted octanol–water partition coefficient (Wildman–Crippen LogP) is 0.406. The summed E-state index contributed by atoms with van der Waals surface area (Å²) >= 11 is 0. The molecule has 1 fully saturated rings. The minimum atomic E-state index is -0.757. The van der Waals surface area contributed by atoms with Crippen molar-refractivity contribution in [2.45, 2.75) is 52.5 Å². The van der Waals surface area contributed by atoms with Crippen molar-refractivity contribution in [2.75, 3.05) is 13.1 Å². The average molecular weight is 296 g/mol. The van der Waals surface area contributed by atoms with Crippen LogP contribution in [0.3, 0.4) is 0 Å². The maximum absolute atomic E-state index is 11.7. The zero-order chi connectivity index (χ0) is 16.0. The average Bonchev–Trinajstić information content (AvgIpc) is 2.86. The first kappa shape index (κ1) is 17.1. The lowest BCUT2D eigenvalue weighted by molar-refractivity contribution is -0.145. The van der Waals surface area contributed by atoms with Gasteiger partial charge in [0.25, 0.3) is 0 Å². The minimum absolute atomic E-state index is 0.0788. The van der Waals surface area contributed by atoms with Gasteiger partial charge in [0.05, 0.1) is 6.42 Å². The van der Waals surface area contributed by atoms with E-state index in [-0.39, 0.29) is 17.9 Å². The molecule has 0 aromatic carbocycles. The summed E-state index contributed by atoms with van der Waals surface area (Å²) < 4.78 is 0. The molecule has 0 bridgehead atoms. The number of hydrogen-bond donors (Lipinski definition) is 2. The van der Waals surface area contributed by atoms with Gasteiger partial charge in [0.15, 0.2) is 0 Å². The van der Waals surface area contributed by atoms with Gasteiger partial charge in [0.2, 0.25) is 5.91 Å². The Morgan fingerprint density at radius 2 is 1.71 bits per heavy atom. The fraction of sp³-hybridized carbons (Fsp3) is 0.714. The summed E-state index contributed by atoms with van der Waals surface area (Å²) in [5.74, 6) is -1.50. The van der Waals surface area contributed by atoms with E-state index in [1.807, 2.05) is 20.8 Å². The first-order valence-electron chi connectivity index (χ1n) is 7.12. The highest BCUT2D eigenvalue weighted by molar-refractivity contribution is 6.35. The second kappa shape index (κ2) is 7.19. The van der Waals surface area contributed by atoms with Crippen LogP contribution in [0.2, 0.25) is 0 Å². The number of carbonyl (C=O) groups excluding carboxylic acids is 3. The van der Waals surface area contributed by atoms with Crippen molar-refractivity contribution in [3.8, 4) is 0 Å². The quantitative estimate of drug-likeness (QED) is 0.449. The van der Waals surface area contributed by atoms with Gasteiger partial charge in [0, 0.05) is 24.3 Å². The van der Waals surface area contributed by atoms with Crippen molar-refractivity contribution in [3.63, 3.8) is 0 Å². The van der Waals surface area contributed by atoms with Gasteiger partial charge in [0.1, 0.15) is 0 Å². The molecule has 7 nitrogen and oxygen atoms in total. The number of hydrogen-bond acceptors (Lipinski definition) is 4. The second-order valence-electron chi connectivity index (χ2n) is 6.26. The predicted molar refractivity (Wildman–Crippen MR) is 79.6 cm³/mol. The Balaban J connectivity index is 2.42. The lowest BCUT2D eigenvalue weighted by Crippen LogP contribution is -2.42. The summed E-state index contributed by atoms with van der Waals surface area (Å²) in [5, 5.41) is 6.59. The van der Waals surface area contributed by atoms with Gasteiger partial charge in [-0.15, -0.1) is 0 Å². The van der Waals surface area contributed by atoms with Crippen molar-refractivity contribution in [1.82, 2.24) is 15.6 Å². The molecule has 2 N–H and O–H groups in total. The monoisotopic (exact) mass is 296 g/mol. The Kier molecular flexibility index (Phi) is 5.87. The summed E-state index contributed by atoms with van der Waals surface area (Å²) in [6.45, 7) is 8.50. The Labute approximate surface area is 125 Å². The van der Waals surface area contributed by atoms with Gasteiger partial charge in [-0.3, -0.25) is 14.4 Å². The molecule has 1 rings (SSSR count). The molecule has 0 aromatic heterocycles. The van der Waals surface area contributed by atoms with Gasteiger partial charge in [-0.25, -0.2) is 5.43 Å². The molecule has 0 aromatic rings. The molecule has 0 saturated carbocycles. The number of rotatable bonds is 3. The zero-order valence-electron chi connectivity index (χ0n) is 13.2. The highest BCUT2D eigenvalue weighted by Crippen LogP contribution is 2.07. The van der Waals surface area contributed by atoms with Crippen LogP contribution in [-0.4, -0.2) is 47.0 Å². The van der Waals surface area contributed by atoms with Crippen LogP contribution in [-0.2, 0) is 14.4 Å². The van der Waals surface area contributed by atoms with Crippen molar-refractivity contribution in [3.05, 3.63) is 0 Å². The van der Waals surface area contributed by atoms with E-state index in [2.05, 4.69) is 15.8 Å². The third-order valence-corrected chi connectivity index (χ3v) is 2.87. The van der Waals surface area contributed by atoms with Gasteiger partial charge in [-0.05, 0) is 40.5 Å². The Morgan fingerprint density at radius 3 is 2.24 bits per heavy atom. The van der Waals surface area contributed by atoms with Gasteiger partial charge in [-0.1, -0.05) is 0 Å². The van der Waals surface area contributed by atoms with Crippen molar-refractivity contribution in [2.24, 2.45) is 5.10 Å². The van der Waals surface area contributed by atoms with E-state index in [1.165, 1.54) is 4.90 Å². The van der Waals surface area contributed by atoms with Gasteiger partial charge < -0.3 is 10.2 Å². The van der Waals surface area contributed by atoms with Crippen molar-refractivity contribution < 1.29 is 14.4 Å². The minimum Gasteiger partial charge on any atom is -0.351 e. The summed E-state index contributed by atoms with van der Waals surface area (Å²) in [4.78, 5) is 36.6. The van der Waals surface area contributed by atoms with Crippen molar-refractivity contribution in [1.29, 1.82) is 0 Å². The van der Waals surface area contributed by atoms with Gasteiger partial charge >= 0.3 is 11.8 Å². The molecule has 0 atom stereocenters. The standard InChI is InChI=1S/C14H24N4O3/c1-10(9-11(19)15-14(2,3)4)16-17-12(20)13(21)18-7-5-6-8-18/h5-9H2,1-4H3,(H,15,19)(H,17,20)/b16-10-. The molecule has 0 spiro atoms. The summed E-state index contributed by atoms with van der Waals surface area (Å²) in [5.41, 5.74) is 2.34.